The van der Waals surface area contributed by atoms with E-state index in [1.54, 1.807) is 42.1 Å². The van der Waals surface area contributed by atoms with Crippen molar-refractivity contribution < 1.29 is 50.6 Å². The molecule has 0 radical (unpaired) electrons. The maximum Gasteiger partial charge on any atom is 0.373 e. The summed E-state index contributed by atoms with van der Waals surface area (Å²) in [4.78, 5) is 62.2. The number of hydrazone groups is 1. The van der Waals surface area contributed by atoms with Crippen LogP contribution in [0.5, 0.6) is 0 Å². The molecule has 4 rings (SSSR count). The first-order valence-electron chi connectivity index (χ1n) is 15.3. The van der Waals surface area contributed by atoms with Crippen molar-refractivity contribution in [2.45, 2.75) is 37.5 Å². The molecule has 0 spiro atoms. The SMILES string of the molecule is CC#CI.COC(=O)c1ccc(/C=N/NS(=O)(=O)c2ccc(C)cc2)c([N+](=O)[O-])c1.Cc1ccc(C=O)c([N+](=O)[O-])c1.Cc1ccc(S(=O)(=O)NN)cc1.O=C=O. The van der Waals surface area contributed by atoms with Crippen LogP contribution in [-0.2, 0) is 34.4 Å². The molecular formula is C35H35IN6O13S2. The molecule has 22 heteroatoms. The maximum absolute atomic E-state index is 12.1. The number of esters is 1. The standard InChI is InChI=1S/C16H15N3O6S.C8H7NO3.C7H10N2O2S.C3H3I.CO2/c1-11-3-7-14(8-4-11)26(23,24)18-17-10-13-6-5-12(16(20)25-2)9-15(13)19(21)22;1-6-2-3-7(5-10)8(4-6)9(11)12;1-6-2-4-7(5-3-6)12(10,11)9-8;1-2-3-4;2-1-3/h3-10,18H,1-2H3;2-5H,1H3;2-5,9H,8H2,1H3;1H3;/b17-10+;;;;. The Morgan fingerprint density at radius 2 is 1.21 bits per heavy atom. The summed E-state index contributed by atoms with van der Waals surface area (Å²) in [5.41, 5.74) is 2.26. The molecule has 0 amide bonds. The number of carbonyl (C=O) groups excluding carboxylic acids is 4. The van der Waals surface area contributed by atoms with Crippen LogP contribution in [0.3, 0.4) is 0 Å². The van der Waals surface area contributed by atoms with Gasteiger partial charge in [-0.05, 0) is 79.7 Å². The summed E-state index contributed by atoms with van der Waals surface area (Å²) in [6.07, 6.45) is 1.72. The Hall–Kier alpha value is -6.22. The summed E-state index contributed by atoms with van der Waals surface area (Å²) in [5, 5.41) is 25.1. The van der Waals surface area contributed by atoms with Crippen LogP contribution in [0.1, 0.15) is 49.9 Å². The Morgan fingerprint density at radius 1 is 0.789 bits per heavy atom. The number of sulfonamides is 2. The molecule has 0 aliphatic rings. The molecule has 0 saturated heterocycles. The van der Waals surface area contributed by atoms with Crippen molar-refractivity contribution >= 4 is 78.6 Å². The third-order valence-electron chi connectivity index (χ3n) is 6.45. The number of nitro groups is 2. The summed E-state index contributed by atoms with van der Waals surface area (Å²) in [5.74, 6) is 6.78. The van der Waals surface area contributed by atoms with Gasteiger partial charge in [0.25, 0.3) is 31.4 Å². The quantitative estimate of drug-likeness (QED) is 0.0284. The topological polar surface area (TPSA) is 295 Å². The van der Waals surface area contributed by atoms with E-state index in [1.807, 2.05) is 48.2 Å². The lowest BCUT2D eigenvalue weighted by Crippen LogP contribution is -2.30. The van der Waals surface area contributed by atoms with Crippen LogP contribution in [0.25, 0.3) is 0 Å². The van der Waals surface area contributed by atoms with E-state index in [-0.39, 0.29) is 38.3 Å². The van der Waals surface area contributed by atoms with Gasteiger partial charge >= 0.3 is 12.1 Å². The van der Waals surface area contributed by atoms with E-state index < -0.39 is 41.5 Å². The van der Waals surface area contributed by atoms with Gasteiger partial charge in [0.1, 0.15) is 0 Å². The van der Waals surface area contributed by atoms with Gasteiger partial charge in [-0.25, -0.2) is 18.0 Å². The highest BCUT2D eigenvalue weighted by atomic mass is 127. The Labute approximate surface area is 341 Å². The fourth-order valence-electron chi connectivity index (χ4n) is 3.69. The molecule has 4 aromatic carbocycles. The minimum absolute atomic E-state index is 0.00316. The molecule has 0 unspecified atom stereocenters. The van der Waals surface area contributed by atoms with Crippen molar-refractivity contribution in [1.29, 1.82) is 0 Å². The van der Waals surface area contributed by atoms with Crippen LogP contribution in [0, 0.1) is 50.8 Å². The first-order valence-corrected chi connectivity index (χ1v) is 19.3. The fraction of sp³-hybridized carbons (Fsp3) is 0.143. The van der Waals surface area contributed by atoms with Gasteiger partial charge in [-0.2, -0.15) is 27.9 Å². The highest BCUT2D eigenvalue weighted by Gasteiger charge is 2.18. The van der Waals surface area contributed by atoms with Crippen LogP contribution in [0.4, 0.5) is 11.4 Å². The number of hydrazine groups is 1. The molecule has 0 fully saturated rings. The summed E-state index contributed by atoms with van der Waals surface area (Å²) in [7, 11) is -6.23. The first kappa shape index (κ1) is 50.8. The highest BCUT2D eigenvalue weighted by molar-refractivity contribution is 14.1. The summed E-state index contributed by atoms with van der Waals surface area (Å²) >= 11 is 1.99. The number of nitro benzene ring substituents is 2. The number of rotatable bonds is 10. The summed E-state index contributed by atoms with van der Waals surface area (Å²) in [6.45, 7) is 7.25. The molecule has 0 aliphatic heterocycles. The molecule has 4 N–H and O–H groups in total. The molecule has 0 aliphatic carbocycles. The molecule has 4 aromatic rings. The molecule has 302 valence electrons. The molecule has 0 aromatic heterocycles. The largest absolute Gasteiger partial charge is 0.465 e. The number of hydrogen-bond acceptors (Lipinski definition) is 15. The zero-order valence-corrected chi connectivity index (χ0v) is 34.4. The van der Waals surface area contributed by atoms with Crippen LogP contribution in [-0.4, -0.2) is 58.4 Å². The molecular weight excluding hydrogens is 903 g/mol. The Balaban J connectivity index is 0.000000839. The normalized spacial score (nSPS) is 9.95. The first-order chi connectivity index (χ1) is 26.8. The molecule has 0 saturated carbocycles. The van der Waals surface area contributed by atoms with Crippen molar-refractivity contribution in [3.63, 3.8) is 0 Å². The van der Waals surface area contributed by atoms with Crippen LogP contribution >= 0.6 is 22.6 Å². The number of benzene rings is 4. The second-order valence-electron chi connectivity index (χ2n) is 10.5. The van der Waals surface area contributed by atoms with E-state index in [9.17, 15) is 46.7 Å². The van der Waals surface area contributed by atoms with E-state index in [2.05, 4.69) is 19.7 Å². The molecule has 0 atom stereocenters. The van der Waals surface area contributed by atoms with E-state index in [1.165, 1.54) is 48.5 Å². The van der Waals surface area contributed by atoms with Crippen molar-refractivity contribution in [3.8, 4) is 9.85 Å². The number of carbonyl (C=O) groups is 2. The number of hydrogen-bond donors (Lipinski definition) is 3. The lowest BCUT2D eigenvalue weighted by molar-refractivity contribution is -0.385. The molecule has 0 bridgehead atoms. The lowest BCUT2D eigenvalue weighted by atomic mass is 10.1. The average molecular weight is 939 g/mol. The van der Waals surface area contributed by atoms with Crippen molar-refractivity contribution in [3.05, 3.63) is 139 Å². The maximum atomic E-state index is 12.1. The van der Waals surface area contributed by atoms with Gasteiger partial charge in [0.15, 0.2) is 6.29 Å². The van der Waals surface area contributed by atoms with Gasteiger partial charge in [0, 0.05) is 34.7 Å². The second-order valence-corrected chi connectivity index (χ2v) is 14.4. The number of nitrogens with zero attached hydrogens (tertiary/aromatic N) is 3. The van der Waals surface area contributed by atoms with E-state index in [4.69, 9.17) is 15.4 Å². The van der Waals surface area contributed by atoms with E-state index in [0.717, 1.165) is 36.1 Å². The van der Waals surface area contributed by atoms with Crippen LogP contribution < -0.4 is 15.5 Å². The number of aldehydes is 1. The molecule has 0 heterocycles. The Kier molecular flexibility index (Phi) is 23.0. The van der Waals surface area contributed by atoms with Crippen molar-refractivity contribution in [1.82, 2.24) is 9.66 Å². The molecule has 57 heavy (non-hydrogen) atoms. The Morgan fingerprint density at radius 3 is 1.61 bits per heavy atom. The van der Waals surface area contributed by atoms with Gasteiger partial charge in [0.05, 0.1) is 49.7 Å². The number of ether oxygens (including phenoxy) is 1. The predicted molar refractivity (Wildman–Crippen MR) is 215 cm³/mol. The number of nitrogens with two attached hydrogens (primary N) is 1. The van der Waals surface area contributed by atoms with Crippen molar-refractivity contribution in [2.75, 3.05) is 7.11 Å². The zero-order valence-electron chi connectivity index (χ0n) is 30.7. The minimum atomic E-state index is -3.90. The third-order valence-corrected chi connectivity index (χ3v) is 9.43. The lowest BCUT2D eigenvalue weighted by Gasteiger charge is -2.04. The predicted octanol–water partition coefficient (Wildman–Crippen LogP) is 4.68. The van der Waals surface area contributed by atoms with E-state index in [0.29, 0.717) is 6.29 Å². The third kappa shape index (κ3) is 18.3. The van der Waals surface area contributed by atoms with E-state index >= 15 is 0 Å². The fourth-order valence-corrected chi connectivity index (χ4v) is 5.11. The minimum Gasteiger partial charge on any atom is -0.465 e. The number of aryl methyl sites for hydroxylation is 3. The van der Waals surface area contributed by atoms with Gasteiger partial charge in [-0.3, -0.25) is 30.9 Å². The smallest absolute Gasteiger partial charge is 0.373 e. The number of nitrogens with one attached hydrogen (secondary N) is 2. The highest BCUT2D eigenvalue weighted by Crippen LogP contribution is 2.20. The molecule has 19 nitrogen and oxygen atoms in total. The average Bonchev–Trinajstić information content (AvgIpc) is 3.18. The zero-order chi connectivity index (χ0) is 43.8. The summed E-state index contributed by atoms with van der Waals surface area (Å²) < 4.78 is 53.5. The van der Waals surface area contributed by atoms with Gasteiger partial charge in [-0.1, -0.05) is 47.4 Å². The summed E-state index contributed by atoms with van der Waals surface area (Å²) in [6, 6.07) is 20.6. The van der Waals surface area contributed by atoms with Gasteiger partial charge in [-0.15, -0.1) is 0 Å². The number of halogens is 1. The van der Waals surface area contributed by atoms with Gasteiger partial charge < -0.3 is 4.74 Å². The van der Waals surface area contributed by atoms with Crippen LogP contribution in [0.15, 0.2) is 99.8 Å². The Bertz CT molecular complexity index is 2350. The van der Waals surface area contributed by atoms with Crippen molar-refractivity contribution in [2.24, 2.45) is 10.9 Å². The van der Waals surface area contributed by atoms with Crippen LogP contribution in [0.2, 0.25) is 0 Å². The monoisotopic (exact) mass is 938 g/mol. The number of methoxy groups -OCH3 is 1. The second kappa shape index (κ2) is 25.8. The van der Waals surface area contributed by atoms with Gasteiger partial charge in [0.2, 0.25) is 0 Å².